The minimum absolute atomic E-state index is 0.0185. The molecule has 0 spiro atoms. The lowest BCUT2D eigenvalue weighted by Gasteiger charge is -1.91. The van der Waals surface area contributed by atoms with Crippen LogP contribution in [0.25, 0.3) is 0 Å². The molecule has 0 aromatic carbocycles. The van der Waals surface area contributed by atoms with Gasteiger partial charge in [0.05, 0.1) is 0 Å². The third-order valence-electron chi connectivity index (χ3n) is 0.669. The Labute approximate surface area is 63.3 Å². The van der Waals surface area contributed by atoms with Gasteiger partial charge in [0.2, 0.25) is 5.91 Å². The van der Waals surface area contributed by atoms with Crippen LogP contribution in [0.15, 0.2) is 12.2 Å². The summed E-state index contributed by atoms with van der Waals surface area (Å²) < 4.78 is 0. The zero-order valence-corrected chi connectivity index (χ0v) is 7.27. The molecular weight excluding hydrogens is 126 g/mol. The van der Waals surface area contributed by atoms with Crippen molar-refractivity contribution in [1.29, 1.82) is 0 Å². The number of carbonyl (C=O) groups is 1. The lowest BCUT2D eigenvalue weighted by atomic mass is 10.5. The molecule has 2 nitrogen and oxygen atoms in total. The van der Waals surface area contributed by atoms with E-state index in [4.69, 9.17) is 0 Å². The van der Waals surface area contributed by atoms with Crippen molar-refractivity contribution >= 4 is 5.91 Å². The fourth-order valence-electron chi connectivity index (χ4n) is 0.385. The van der Waals surface area contributed by atoms with Crippen LogP contribution in [-0.4, -0.2) is 12.5 Å². The number of amides is 1. The predicted molar refractivity (Wildman–Crippen MR) is 44.8 cm³/mol. The number of likely N-dealkylation sites (N-methyl/N-ethyl adjacent to an activating group) is 1. The van der Waals surface area contributed by atoms with E-state index in [0.29, 0.717) is 6.54 Å². The lowest BCUT2D eigenvalue weighted by Crippen LogP contribution is -2.19. The van der Waals surface area contributed by atoms with Gasteiger partial charge in [-0.15, -0.1) is 0 Å². The van der Waals surface area contributed by atoms with Crippen molar-refractivity contribution in [2.45, 2.75) is 27.7 Å². The van der Waals surface area contributed by atoms with Gasteiger partial charge < -0.3 is 5.32 Å². The minimum atomic E-state index is -0.0185. The molecule has 0 aromatic rings. The second-order valence-corrected chi connectivity index (χ2v) is 1.39. The van der Waals surface area contributed by atoms with Crippen LogP contribution in [0.5, 0.6) is 0 Å². The zero-order valence-electron chi connectivity index (χ0n) is 7.27. The maximum atomic E-state index is 10.4. The van der Waals surface area contributed by atoms with Crippen molar-refractivity contribution in [1.82, 2.24) is 5.32 Å². The van der Waals surface area contributed by atoms with Crippen molar-refractivity contribution in [2.75, 3.05) is 6.54 Å². The SMILES string of the molecule is C/C=C\C(=O)NCC.CC. The van der Waals surface area contributed by atoms with E-state index in [1.54, 1.807) is 6.08 Å². The van der Waals surface area contributed by atoms with Gasteiger partial charge in [0, 0.05) is 6.54 Å². The first kappa shape index (κ1) is 11.9. The van der Waals surface area contributed by atoms with Crippen LogP contribution in [-0.2, 0) is 4.79 Å². The van der Waals surface area contributed by atoms with Crippen LogP contribution in [0.1, 0.15) is 27.7 Å². The van der Waals surface area contributed by atoms with Gasteiger partial charge in [-0.05, 0) is 19.9 Å². The molecule has 0 bridgehead atoms. The van der Waals surface area contributed by atoms with Gasteiger partial charge in [-0.1, -0.05) is 19.9 Å². The first-order valence-electron chi connectivity index (χ1n) is 3.71. The maximum Gasteiger partial charge on any atom is 0.243 e. The first-order chi connectivity index (χ1) is 4.81. The fourth-order valence-corrected chi connectivity index (χ4v) is 0.385. The molecule has 60 valence electrons. The Morgan fingerprint density at radius 2 is 2.00 bits per heavy atom. The Bertz CT molecular complexity index is 97.4. The number of carbonyl (C=O) groups excluding carboxylic acids is 1. The summed E-state index contributed by atoms with van der Waals surface area (Å²) in [4.78, 5) is 10.4. The van der Waals surface area contributed by atoms with Crippen molar-refractivity contribution in [3.8, 4) is 0 Å². The summed E-state index contributed by atoms with van der Waals surface area (Å²) in [7, 11) is 0. The predicted octanol–water partition coefficient (Wildman–Crippen LogP) is 1.72. The molecule has 0 aliphatic heterocycles. The second kappa shape index (κ2) is 11.1. The smallest absolute Gasteiger partial charge is 0.243 e. The van der Waals surface area contributed by atoms with Gasteiger partial charge in [-0.2, -0.15) is 0 Å². The largest absolute Gasteiger partial charge is 0.353 e. The molecule has 0 rings (SSSR count). The molecule has 0 aromatic heterocycles. The van der Waals surface area contributed by atoms with Crippen LogP contribution in [0.3, 0.4) is 0 Å². The molecule has 0 saturated heterocycles. The Morgan fingerprint density at radius 1 is 1.50 bits per heavy atom. The van der Waals surface area contributed by atoms with E-state index in [1.807, 2.05) is 27.7 Å². The van der Waals surface area contributed by atoms with Crippen molar-refractivity contribution in [2.24, 2.45) is 0 Å². The monoisotopic (exact) mass is 143 g/mol. The van der Waals surface area contributed by atoms with E-state index < -0.39 is 0 Å². The van der Waals surface area contributed by atoms with Crippen LogP contribution in [0, 0.1) is 0 Å². The summed E-state index contributed by atoms with van der Waals surface area (Å²) >= 11 is 0. The third kappa shape index (κ3) is 10.2. The summed E-state index contributed by atoms with van der Waals surface area (Å²) in [6.07, 6.45) is 3.22. The normalized spacial score (nSPS) is 8.40. The number of rotatable bonds is 2. The molecule has 1 N–H and O–H groups in total. The molecule has 2 heteroatoms. The van der Waals surface area contributed by atoms with Crippen molar-refractivity contribution < 1.29 is 4.79 Å². The van der Waals surface area contributed by atoms with Crippen LogP contribution in [0.2, 0.25) is 0 Å². The molecule has 0 heterocycles. The molecule has 0 unspecified atom stereocenters. The second-order valence-electron chi connectivity index (χ2n) is 1.39. The molecule has 0 aliphatic rings. The zero-order chi connectivity index (χ0) is 8.41. The molecule has 1 amide bonds. The van der Waals surface area contributed by atoms with Gasteiger partial charge in [0.15, 0.2) is 0 Å². The van der Waals surface area contributed by atoms with Crippen LogP contribution >= 0.6 is 0 Å². The van der Waals surface area contributed by atoms with E-state index in [0.717, 1.165) is 0 Å². The number of allylic oxidation sites excluding steroid dienone is 1. The van der Waals surface area contributed by atoms with Crippen molar-refractivity contribution in [3.63, 3.8) is 0 Å². The number of hydrogen-bond donors (Lipinski definition) is 1. The van der Waals surface area contributed by atoms with E-state index in [9.17, 15) is 4.79 Å². The summed E-state index contributed by atoms with van der Waals surface area (Å²) in [5.41, 5.74) is 0. The average molecular weight is 143 g/mol. The molecule has 0 atom stereocenters. The van der Waals surface area contributed by atoms with Gasteiger partial charge in [0.25, 0.3) is 0 Å². The highest BCUT2D eigenvalue weighted by atomic mass is 16.1. The molecular formula is C8H17NO. The standard InChI is InChI=1S/C6H11NO.C2H6/c1-3-5-6(8)7-4-2;1-2/h3,5H,4H2,1-2H3,(H,7,8);1-2H3/b5-3-;. The third-order valence-corrected chi connectivity index (χ3v) is 0.669. The van der Waals surface area contributed by atoms with E-state index in [2.05, 4.69) is 5.32 Å². The quantitative estimate of drug-likeness (QED) is 0.586. The van der Waals surface area contributed by atoms with Gasteiger partial charge >= 0.3 is 0 Å². The van der Waals surface area contributed by atoms with E-state index >= 15 is 0 Å². The lowest BCUT2D eigenvalue weighted by molar-refractivity contribution is -0.116. The summed E-state index contributed by atoms with van der Waals surface area (Å²) in [5.74, 6) is -0.0185. The summed E-state index contributed by atoms with van der Waals surface area (Å²) in [6, 6.07) is 0. The molecule has 0 fully saturated rings. The number of nitrogens with one attached hydrogen (secondary N) is 1. The average Bonchev–Trinajstić information content (AvgIpc) is 1.93. The highest BCUT2D eigenvalue weighted by molar-refractivity contribution is 5.87. The molecule has 0 aliphatic carbocycles. The van der Waals surface area contributed by atoms with Gasteiger partial charge in [0.1, 0.15) is 0 Å². The van der Waals surface area contributed by atoms with E-state index in [-0.39, 0.29) is 5.91 Å². The topological polar surface area (TPSA) is 29.1 Å². The first-order valence-corrected chi connectivity index (χ1v) is 3.71. The van der Waals surface area contributed by atoms with Crippen molar-refractivity contribution in [3.05, 3.63) is 12.2 Å². The Morgan fingerprint density at radius 3 is 2.30 bits per heavy atom. The van der Waals surface area contributed by atoms with Gasteiger partial charge in [-0.25, -0.2) is 0 Å². The highest BCUT2D eigenvalue weighted by Crippen LogP contribution is 1.68. The highest BCUT2D eigenvalue weighted by Gasteiger charge is 1.85. The molecule has 0 radical (unpaired) electrons. The fraction of sp³-hybridized carbons (Fsp3) is 0.625. The summed E-state index contributed by atoms with van der Waals surface area (Å²) in [6.45, 7) is 8.40. The Hall–Kier alpha value is -0.790. The maximum absolute atomic E-state index is 10.4. The van der Waals surface area contributed by atoms with Crippen LogP contribution in [0.4, 0.5) is 0 Å². The van der Waals surface area contributed by atoms with E-state index in [1.165, 1.54) is 6.08 Å². The molecule has 0 saturated carbocycles. The molecule has 10 heavy (non-hydrogen) atoms. The minimum Gasteiger partial charge on any atom is -0.353 e. The van der Waals surface area contributed by atoms with Gasteiger partial charge in [-0.3, -0.25) is 4.79 Å². The Balaban J connectivity index is 0. The number of hydrogen-bond acceptors (Lipinski definition) is 1. The summed E-state index contributed by atoms with van der Waals surface area (Å²) in [5, 5.41) is 2.62. The Kier molecular flexibility index (Phi) is 13.2. The van der Waals surface area contributed by atoms with Crippen LogP contribution < -0.4 is 5.32 Å².